The van der Waals surface area contributed by atoms with Crippen molar-refractivity contribution < 1.29 is 9.59 Å². The van der Waals surface area contributed by atoms with Crippen LogP contribution < -0.4 is 0 Å². The zero-order valence-corrected chi connectivity index (χ0v) is 15.6. The molecular weight excluding hydrogens is 296 g/mol. The van der Waals surface area contributed by atoms with E-state index in [4.69, 9.17) is 0 Å². The molecule has 2 heteroatoms. The first-order valence-electron chi connectivity index (χ1n) is 10.1. The van der Waals surface area contributed by atoms with Gasteiger partial charge in [0.1, 0.15) is 5.78 Å². The largest absolute Gasteiger partial charge is 0.300 e. The van der Waals surface area contributed by atoms with Crippen molar-refractivity contribution >= 4 is 11.6 Å². The lowest BCUT2D eigenvalue weighted by Crippen LogP contribution is -2.55. The molecule has 0 aromatic carbocycles. The topological polar surface area (TPSA) is 34.1 Å². The molecule has 3 saturated carbocycles. The van der Waals surface area contributed by atoms with Gasteiger partial charge >= 0.3 is 0 Å². The fraction of sp³-hybridized carbons (Fsp3) is 0.818. The highest BCUT2D eigenvalue weighted by molar-refractivity contribution is 5.91. The molecule has 4 aliphatic carbocycles. The molecule has 0 aliphatic heterocycles. The van der Waals surface area contributed by atoms with Gasteiger partial charge in [0.25, 0.3) is 0 Å². The van der Waals surface area contributed by atoms with Crippen molar-refractivity contribution in [1.29, 1.82) is 0 Å². The lowest BCUT2D eigenvalue weighted by Gasteiger charge is -2.61. The Morgan fingerprint density at radius 3 is 2.58 bits per heavy atom. The standard InChI is InChI=1S/C22H32O2/c1-14(23)18-5-4-6-19-17-8-7-15-13-16(24)9-11-21(15,2)20(17)10-12-22(18,19)3/h13,17-20H,4-12H2,1-3H3/t17-,18+,19-,20-,21-,22+/m0/s1. The molecule has 0 N–H and O–H groups in total. The molecule has 0 amide bonds. The molecule has 3 fully saturated rings. The zero-order valence-electron chi connectivity index (χ0n) is 15.6. The predicted octanol–water partition coefficient (Wildman–Crippen LogP) is 5.11. The van der Waals surface area contributed by atoms with E-state index in [1.54, 1.807) is 0 Å². The van der Waals surface area contributed by atoms with Crippen molar-refractivity contribution in [2.45, 2.75) is 78.6 Å². The summed E-state index contributed by atoms with van der Waals surface area (Å²) in [7, 11) is 0. The molecule has 6 atom stereocenters. The quantitative estimate of drug-likeness (QED) is 0.670. The molecule has 0 unspecified atom stereocenters. The average Bonchev–Trinajstić information content (AvgIpc) is 2.54. The van der Waals surface area contributed by atoms with Gasteiger partial charge < -0.3 is 0 Å². The number of carbonyl (C=O) groups is 2. The van der Waals surface area contributed by atoms with Gasteiger partial charge in [0.05, 0.1) is 0 Å². The van der Waals surface area contributed by atoms with Crippen molar-refractivity contribution in [2.24, 2.45) is 34.5 Å². The Bertz CT molecular complexity index is 603. The molecule has 4 aliphatic rings. The summed E-state index contributed by atoms with van der Waals surface area (Å²) in [5.74, 6) is 3.27. The Morgan fingerprint density at radius 2 is 1.83 bits per heavy atom. The van der Waals surface area contributed by atoms with Gasteiger partial charge in [-0.15, -0.1) is 0 Å². The van der Waals surface area contributed by atoms with Crippen LogP contribution in [0.1, 0.15) is 78.6 Å². The summed E-state index contributed by atoms with van der Waals surface area (Å²) in [6, 6.07) is 0. The third kappa shape index (κ3) is 2.21. The smallest absolute Gasteiger partial charge is 0.155 e. The van der Waals surface area contributed by atoms with E-state index in [0.29, 0.717) is 11.6 Å². The molecule has 0 heterocycles. The molecule has 0 saturated heterocycles. The number of hydrogen-bond donors (Lipinski definition) is 0. The Morgan fingerprint density at radius 1 is 1.04 bits per heavy atom. The molecule has 0 aromatic heterocycles. The minimum atomic E-state index is 0.229. The summed E-state index contributed by atoms with van der Waals surface area (Å²) in [6.07, 6.45) is 12.2. The number of carbonyl (C=O) groups excluding carboxylic acids is 2. The van der Waals surface area contributed by atoms with Crippen molar-refractivity contribution in [3.8, 4) is 0 Å². The fourth-order valence-electron chi connectivity index (χ4n) is 7.42. The highest BCUT2D eigenvalue weighted by atomic mass is 16.1. The summed E-state index contributed by atoms with van der Waals surface area (Å²) in [4.78, 5) is 24.2. The average molecular weight is 328 g/mol. The van der Waals surface area contributed by atoms with Crippen LogP contribution in [0, 0.1) is 34.5 Å². The van der Waals surface area contributed by atoms with Crippen LogP contribution in [-0.4, -0.2) is 11.6 Å². The second-order valence-corrected chi connectivity index (χ2v) is 9.61. The van der Waals surface area contributed by atoms with Gasteiger partial charge in [0.2, 0.25) is 0 Å². The summed E-state index contributed by atoms with van der Waals surface area (Å²) in [5.41, 5.74) is 1.93. The highest BCUT2D eigenvalue weighted by Crippen LogP contribution is 2.65. The van der Waals surface area contributed by atoms with E-state index in [-0.39, 0.29) is 16.7 Å². The SMILES string of the molecule is CC(=O)[C@H]1CCC[C@H]2[C@@H]3CCC4=CC(=O)CC[C@]4(C)[C@H]3CC[C@]12C. The highest BCUT2D eigenvalue weighted by Gasteiger charge is 2.58. The zero-order chi connectivity index (χ0) is 17.1. The predicted molar refractivity (Wildman–Crippen MR) is 95.5 cm³/mol. The van der Waals surface area contributed by atoms with E-state index in [2.05, 4.69) is 13.8 Å². The van der Waals surface area contributed by atoms with Crippen molar-refractivity contribution in [3.05, 3.63) is 11.6 Å². The van der Waals surface area contributed by atoms with E-state index in [1.807, 2.05) is 13.0 Å². The first-order chi connectivity index (χ1) is 11.4. The molecule has 4 rings (SSSR count). The third-order valence-corrected chi connectivity index (χ3v) is 8.69. The van der Waals surface area contributed by atoms with E-state index in [1.165, 1.54) is 37.7 Å². The van der Waals surface area contributed by atoms with Crippen LogP contribution >= 0.6 is 0 Å². The van der Waals surface area contributed by atoms with Gasteiger partial charge in [0.15, 0.2) is 5.78 Å². The fourth-order valence-corrected chi connectivity index (χ4v) is 7.42. The first kappa shape index (κ1) is 16.5. The van der Waals surface area contributed by atoms with Crippen molar-refractivity contribution in [2.75, 3.05) is 0 Å². The number of fused-ring (bicyclic) bond motifs is 5. The Balaban J connectivity index is 1.68. The summed E-state index contributed by atoms with van der Waals surface area (Å²) >= 11 is 0. The van der Waals surface area contributed by atoms with E-state index < -0.39 is 0 Å². The van der Waals surface area contributed by atoms with E-state index in [9.17, 15) is 9.59 Å². The molecule has 0 bridgehead atoms. The van der Waals surface area contributed by atoms with Crippen LogP contribution in [0.4, 0.5) is 0 Å². The second-order valence-electron chi connectivity index (χ2n) is 9.61. The van der Waals surface area contributed by atoms with Crippen molar-refractivity contribution in [1.82, 2.24) is 0 Å². The maximum absolute atomic E-state index is 12.3. The Kier molecular flexibility index (Phi) is 3.82. The van der Waals surface area contributed by atoms with Gasteiger partial charge in [0, 0.05) is 12.3 Å². The monoisotopic (exact) mass is 328 g/mol. The molecule has 24 heavy (non-hydrogen) atoms. The number of allylic oxidation sites excluding steroid dienone is 2. The van der Waals surface area contributed by atoms with Crippen molar-refractivity contribution in [3.63, 3.8) is 0 Å². The lowest BCUT2D eigenvalue weighted by molar-refractivity contribution is -0.141. The molecule has 0 aromatic rings. The second kappa shape index (κ2) is 5.54. The van der Waals surface area contributed by atoms with E-state index >= 15 is 0 Å². The van der Waals surface area contributed by atoms with Crippen LogP contribution in [0.15, 0.2) is 11.6 Å². The van der Waals surface area contributed by atoms with E-state index in [0.717, 1.165) is 43.4 Å². The summed E-state index contributed by atoms with van der Waals surface area (Å²) in [5, 5.41) is 0. The number of Topliss-reactive ketones (excluding diaryl/α,β-unsaturated/α-hetero) is 1. The van der Waals surface area contributed by atoms with Crippen LogP contribution in [0.2, 0.25) is 0 Å². The lowest BCUT2D eigenvalue weighted by atomic mass is 9.43. The minimum Gasteiger partial charge on any atom is -0.300 e. The minimum absolute atomic E-state index is 0.229. The Hall–Kier alpha value is -0.920. The van der Waals surface area contributed by atoms with Gasteiger partial charge in [-0.05, 0) is 86.5 Å². The number of rotatable bonds is 1. The van der Waals surface area contributed by atoms with Gasteiger partial charge in [-0.25, -0.2) is 0 Å². The van der Waals surface area contributed by atoms with Crippen LogP contribution in [0.3, 0.4) is 0 Å². The van der Waals surface area contributed by atoms with Crippen LogP contribution in [0.5, 0.6) is 0 Å². The number of hydrogen-bond acceptors (Lipinski definition) is 2. The van der Waals surface area contributed by atoms with Gasteiger partial charge in [-0.2, -0.15) is 0 Å². The van der Waals surface area contributed by atoms with Gasteiger partial charge in [-0.3, -0.25) is 9.59 Å². The Labute approximate surface area is 146 Å². The summed E-state index contributed by atoms with van der Waals surface area (Å²) < 4.78 is 0. The molecular formula is C22H32O2. The maximum atomic E-state index is 12.3. The third-order valence-electron chi connectivity index (χ3n) is 8.69. The first-order valence-corrected chi connectivity index (χ1v) is 10.1. The molecule has 132 valence electrons. The van der Waals surface area contributed by atoms with Crippen LogP contribution in [0.25, 0.3) is 0 Å². The number of ketones is 2. The van der Waals surface area contributed by atoms with Crippen LogP contribution in [-0.2, 0) is 9.59 Å². The van der Waals surface area contributed by atoms with Gasteiger partial charge in [-0.1, -0.05) is 25.8 Å². The molecule has 0 spiro atoms. The maximum Gasteiger partial charge on any atom is 0.155 e. The molecule has 0 radical (unpaired) electrons. The normalized spacial score (nSPS) is 48.0. The summed E-state index contributed by atoms with van der Waals surface area (Å²) in [6.45, 7) is 6.69. The molecule has 2 nitrogen and oxygen atoms in total.